The van der Waals surface area contributed by atoms with Crippen LogP contribution in [0.15, 0.2) is 21.0 Å². The van der Waals surface area contributed by atoms with Crippen LogP contribution in [-0.2, 0) is 14.3 Å². The molecule has 7 heteroatoms. The van der Waals surface area contributed by atoms with Gasteiger partial charge in [0.25, 0.3) is 0 Å². The number of anilines is 1. The third-order valence-electron chi connectivity index (χ3n) is 6.03. The van der Waals surface area contributed by atoms with Gasteiger partial charge in [-0.05, 0) is 54.8 Å². The van der Waals surface area contributed by atoms with Crippen LogP contribution in [0, 0.1) is 18.8 Å². The van der Waals surface area contributed by atoms with Gasteiger partial charge in [0, 0.05) is 6.92 Å². The molecule has 0 radical (unpaired) electrons. The third-order valence-corrected chi connectivity index (χ3v) is 6.65. The van der Waals surface area contributed by atoms with E-state index in [4.69, 9.17) is 9.15 Å². The largest absolute Gasteiger partial charge is 0.440 e. The summed E-state index contributed by atoms with van der Waals surface area (Å²) in [5.74, 6) is -0.740. The zero-order valence-electron chi connectivity index (χ0n) is 14.1. The lowest BCUT2D eigenvalue weighted by molar-refractivity contribution is -0.129. The molecule has 3 fully saturated rings. The summed E-state index contributed by atoms with van der Waals surface area (Å²) in [6.07, 6.45) is 1.60. The highest BCUT2D eigenvalue weighted by atomic mass is 79.9. The molecule has 6 nitrogen and oxygen atoms in total. The van der Waals surface area contributed by atoms with Gasteiger partial charge in [-0.1, -0.05) is 0 Å². The van der Waals surface area contributed by atoms with Crippen molar-refractivity contribution in [2.24, 2.45) is 11.8 Å². The van der Waals surface area contributed by atoms with E-state index in [1.807, 2.05) is 13.8 Å². The van der Waals surface area contributed by atoms with Crippen LogP contribution in [-0.4, -0.2) is 28.0 Å². The van der Waals surface area contributed by atoms with Crippen molar-refractivity contribution >= 4 is 44.5 Å². The van der Waals surface area contributed by atoms with Gasteiger partial charge in [0.15, 0.2) is 11.5 Å². The zero-order chi connectivity index (χ0) is 17.7. The molecule has 2 amide bonds. The molecule has 4 atom stereocenters. The number of aromatic nitrogens is 1. The maximum Gasteiger partial charge on any atom is 0.240 e. The van der Waals surface area contributed by atoms with Gasteiger partial charge in [0.2, 0.25) is 11.8 Å². The molecule has 1 aromatic heterocycles. The van der Waals surface area contributed by atoms with Crippen LogP contribution in [0.3, 0.4) is 0 Å². The Hall–Kier alpha value is -1.73. The quantitative estimate of drug-likeness (QED) is 0.681. The number of halogens is 1. The van der Waals surface area contributed by atoms with Gasteiger partial charge in [-0.25, -0.2) is 9.88 Å². The van der Waals surface area contributed by atoms with E-state index in [9.17, 15) is 9.59 Å². The molecule has 0 saturated carbocycles. The number of ether oxygens (including phenoxy) is 1. The summed E-state index contributed by atoms with van der Waals surface area (Å²) in [5.41, 5.74) is 0.442. The van der Waals surface area contributed by atoms with Crippen molar-refractivity contribution in [3.63, 3.8) is 0 Å². The lowest BCUT2D eigenvalue weighted by atomic mass is 9.69. The minimum absolute atomic E-state index is 0.190. The second-order valence-corrected chi connectivity index (χ2v) is 8.53. The van der Waals surface area contributed by atoms with Crippen molar-refractivity contribution in [1.82, 2.24) is 4.98 Å². The van der Waals surface area contributed by atoms with Crippen LogP contribution in [0.4, 0.5) is 5.69 Å². The smallest absolute Gasteiger partial charge is 0.240 e. The van der Waals surface area contributed by atoms with Crippen molar-refractivity contribution < 1.29 is 18.7 Å². The minimum Gasteiger partial charge on any atom is -0.440 e. The van der Waals surface area contributed by atoms with Gasteiger partial charge in [-0.3, -0.25) is 9.59 Å². The maximum atomic E-state index is 13.2. The van der Waals surface area contributed by atoms with Gasteiger partial charge in [-0.2, -0.15) is 0 Å². The molecule has 3 saturated heterocycles. The Morgan fingerprint density at radius 3 is 2.36 bits per heavy atom. The van der Waals surface area contributed by atoms with E-state index >= 15 is 0 Å². The lowest BCUT2D eigenvalue weighted by Gasteiger charge is -2.27. The number of imide groups is 1. The molecular formula is C18H17BrN2O4. The number of carbonyl (C=O) groups excluding carboxylic acids is 2. The summed E-state index contributed by atoms with van der Waals surface area (Å²) in [6, 6.07) is 3.53. The average Bonchev–Trinajstić information content (AvgIpc) is 3.21. The van der Waals surface area contributed by atoms with Gasteiger partial charge < -0.3 is 9.15 Å². The highest BCUT2D eigenvalue weighted by molar-refractivity contribution is 9.10. The van der Waals surface area contributed by atoms with Crippen LogP contribution in [0.2, 0.25) is 0 Å². The van der Waals surface area contributed by atoms with Gasteiger partial charge in [0.05, 0.1) is 33.2 Å². The predicted molar refractivity (Wildman–Crippen MR) is 93.0 cm³/mol. The molecule has 0 aliphatic carbocycles. The van der Waals surface area contributed by atoms with E-state index in [1.165, 1.54) is 4.90 Å². The molecule has 1 aromatic carbocycles. The molecule has 130 valence electrons. The van der Waals surface area contributed by atoms with Crippen LogP contribution in [0.5, 0.6) is 0 Å². The normalized spacial score (nSPS) is 36.7. The van der Waals surface area contributed by atoms with Crippen molar-refractivity contribution in [2.45, 2.75) is 44.8 Å². The fourth-order valence-corrected chi connectivity index (χ4v) is 5.36. The fraction of sp³-hybridized carbons (Fsp3) is 0.500. The number of aryl methyl sites for hydroxylation is 1. The Labute approximate surface area is 152 Å². The summed E-state index contributed by atoms with van der Waals surface area (Å²) >= 11 is 3.44. The first-order valence-electron chi connectivity index (χ1n) is 8.39. The minimum atomic E-state index is -0.560. The highest BCUT2D eigenvalue weighted by Gasteiger charge is 2.72. The summed E-state index contributed by atoms with van der Waals surface area (Å²) in [6.45, 7) is 5.65. The molecule has 0 unspecified atom stereocenters. The average molecular weight is 405 g/mol. The van der Waals surface area contributed by atoms with Crippen molar-refractivity contribution in [2.75, 3.05) is 4.90 Å². The Bertz CT molecular complexity index is 935. The first kappa shape index (κ1) is 15.5. The summed E-state index contributed by atoms with van der Waals surface area (Å²) in [7, 11) is 0. The topological polar surface area (TPSA) is 72.6 Å². The SMILES string of the molecule is Cc1nc2c(N3C(=O)[C@@H]4[C@H](C3=O)[C@@]3(C)CC[C@]4(C)O3)ccc(Br)c2o1. The van der Waals surface area contributed by atoms with Crippen LogP contribution >= 0.6 is 15.9 Å². The molecular weight excluding hydrogens is 388 g/mol. The van der Waals surface area contributed by atoms with Crippen molar-refractivity contribution in [3.8, 4) is 0 Å². The molecule has 2 aromatic rings. The molecule has 2 bridgehead atoms. The predicted octanol–water partition coefficient (Wildman–Crippen LogP) is 3.35. The third kappa shape index (κ3) is 1.75. The van der Waals surface area contributed by atoms with Gasteiger partial charge >= 0.3 is 0 Å². The van der Waals surface area contributed by atoms with E-state index in [-0.39, 0.29) is 11.8 Å². The first-order chi connectivity index (χ1) is 11.8. The molecule has 5 rings (SSSR count). The Morgan fingerprint density at radius 1 is 1.16 bits per heavy atom. The van der Waals surface area contributed by atoms with E-state index in [2.05, 4.69) is 20.9 Å². The summed E-state index contributed by atoms with van der Waals surface area (Å²) in [4.78, 5) is 32.1. The standard InChI is InChI=1S/C18H17BrN2O4/c1-8-20-13-10(5-4-9(19)14(13)24-8)21-15(22)11-12(16(21)23)18(3)7-6-17(11,2)25-18/h4-5,11-12H,6-7H2,1-3H3/t11-,12+,17-,18+. The number of benzene rings is 1. The lowest BCUT2D eigenvalue weighted by Crippen LogP contribution is -2.40. The number of hydrogen-bond acceptors (Lipinski definition) is 5. The Balaban J connectivity index is 1.69. The number of rotatable bonds is 1. The van der Waals surface area contributed by atoms with Gasteiger partial charge in [0.1, 0.15) is 5.52 Å². The number of amides is 2. The number of hydrogen-bond donors (Lipinski definition) is 0. The number of fused-ring (bicyclic) bond motifs is 6. The number of oxazole rings is 1. The second kappa shape index (κ2) is 4.51. The van der Waals surface area contributed by atoms with Gasteiger partial charge in [-0.15, -0.1) is 0 Å². The van der Waals surface area contributed by atoms with E-state index in [0.717, 1.165) is 17.3 Å². The van der Waals surface area contributed by atoms with Crippen molar-refractivity contribution in [3.05, 3.63) is 22.5 Å². The summed E-state index contributed by atoms with van der Waals surface area (Å²) in [5, 5.41) is 0. The Kier molecular flexibility index (Phi) is 2.80. The maximum absolute atomic E-state index is 13.2. The fourth-order valence-electron chi connectivity index (χ4n) is 4.96. The molecule has 3 aliphatic rings. The van der Waals surface area contributed by atoms with Crippen LogP contribution < -0.4 is 4.90 Å². The Morgan fingerprint density at radius 2 is 1.76 bits per heavy atom. The number of carbonyl (C=O) groups is 2. The van der Waals surface area contributed by atoms with E-state index in [1.54, 1.807) is 19.1 Å². The highest BCUT2D eigenvalue weighted by Crippen LogP contribution is 2.61. The van der Waals surface area contributed by atoms with E-state index in [0.29, 0.717) is 22.7 Å². The monoisotopic (exact) mass is 404 g/mol. The first-order valence-corrected chi connectivity index (χ1v) is 9.18. The summed E-state index contributed by atoms with van der Waals surface area (Å²) < 4.78 is 12.5. The zero-order valence-corrected chi connectivity index (χ0v) is 15.7. The van der Waals surface area contributed by atoms with E-state index < -0.39 is 23.0 Å². The molecule has 0 N–H and O–H groups in total. The van der Waals surface area contributed by atoms with Crippen LogP contribution in [0.25, 0.3) is 11.1 Å². The number of nitrogens with zero attached hydrogens (tertiary/aromatic N) is 2. The second-order valence-electron chi connectivity index (χ2n) is 7.67. The molecule has 3 aliphatic heterocycles. The van der Waals surface area contributed by atoms with Crippen molar-refractivity contribution in [1.29, 1.82) is 0 Å². The van der Waals surface area contributed by atoms with Crippen LogP contribution in [0.1, 0.15) is 32.6 Å². The molecule has 4 heterocycles. The molecule has 25 heavy (non-hydrogen) atoms. The molecule has 0 spiro atoms.